The van der Waals surface area contributed by atoms with E-state index in [0.717, 1.165) is 0 Å². The molecule has 0 spiro atoms. The minimum Gasteiger partial charge on any atom is -0.410 e. The lowest BCUT2D eigenvalue weighted by Crippen LogP contribution is -2.16. The van der Waals surface area contributed by atoms with E-state index in [4.69, 9.17) is 11.6 Å². The summed E-state index contributed by atoms with van der Waals surface area (Å²) in [5.74, 6) is -0.258. The highest BCUT2D eigenvalue weighted by Gasteiger charge is 2.20. The van der Waals surface area contributed by atoms with Gasteiger partial charge < -0.3 is 10.5 Å². The number of hydrogen-bond acceptors (Lipinski definition) is 5. The van der Waals surface area contributed by atoms with Crippen molar-refractivity contribution in [2.75, 3.05) is 10.0 Å². The molecule has 154 valence electrons. The van der Waals surface area contributed by atoms with E-state index in [2.05, 4.69) is 15.2 Å². The number of hydrogen-bond donors (Lipinski definition) is 3. The Labute approximate surface area is 179 Å². The quantitative estimate of drug-likeness (QED) is 0.299. The van der Waals surface area contributed by atoms with Gasteiger partial charge in [-0.1, -0.05) is 47.1 Å². The summed E-state index contributed by atoms with van der Waals surface area (Å²) >= 11 is 6.10. The number of rotatable bonds is 6. The molecule has 30 heavy (non-hydrogen) atoms. The Kier molecular flexibility index (Phi) is 6.39. The van der Waals surface area contributed by atoms with Crippen molar-refractivity contribution in [3.8, 4) is 0 Å². The highest BCUT2D eigenvalue weighted by Crippen LogP contribution is 2.27. The summed E-state index contributed by atoms with van der Waals surface area (Å²) in [5, 5.41) is 15.9. The molecule has 0 aliphatic rings. The lowest BCUT2D eigenvalue weighted by atomic mass is 10.0. The van der Waals surface area contributed by atoms with E-state index in [1.54, 1.807) is 24.3 Å². The van der Waals surface area contributed by atoms with Gasteiger partial charge in [0, 0.05) is 28.8 Å². The molecule has 0 fully saturated rings. The maximum atomic E-state index is 12.9. The normalized spacial score (nSPS) is 11.7. The minimum atomic E-state index is -3.96. The Bertz CT molecular complexity index is 1190. The summed E-state index contributed by atoms with van der Waals surface area (Å²) in [6, 6.07) is 19.1. The molecule has 3 N–H and O–H groups in total. The first kappa shape index (κ1) is 21.4. The van der Waals surface area contributed by atoms with E-state index in [1.165, 1.54) is 49.4 Å². The molecule has 7 nitrogen and oxygen atoms in total. The van der Waals surface area contributed by atoms with Crippen LogP contribution < -0.4 is 10.0 Å². The first-order chi connectivity index (χ1) is 14.3. The SMILES string of the molecule is CC(=O)Nc1ccc(S(=O)(=O)Nc2ccc(Cl)cc2/C(=N\O)c2ccccc2)cc1. The summed E-state index contributed by atoms with van der Waals surface area (Å²) in [6.45, 7) is 1.36. The van der Waals surface area contributed by atoms with Crippen molar-refractivity contribution in [3.63, 3.8) is 0 Å². The number of nitrogens with zero attached hydrogens (tertiary/aromatic N) is 1. The molecular weight excluding hydrogens is 426 g/mol. The molecule has 0 aliphatic heterocycles. The van der Waals surface area contributed by atoms with Crippen LogP contribution in [0.4, 0.5) is 11.4 Å². The highest BCUT2D eigenvalue weighted by molar-refractivity contribution is 7.92. The summed E-state index contributed by atoms with van der Waals surface area (Å²) in [4.78, 5) is 11.1. The van der Waals surface area contributed by atoms with Crippen molar-refractivity contribution in [3.05, 3.63) is 88.9 Å². The summed E-state index contributed by atoms with van der Waals surface area (Å²) in [7, 11) is -3.96. The zero-order chi connectivity index (χ0) is 21.7. The third kappa shape index (κ3) is 4.97. The molecule has 1 amide bonds. The Hall–Kier alpha value is -3.36. The monoisotopic (exact) mass is 443 g/mol. The van der Waals surface area contributed by atoms with E-state index >= 15 is 0 Å². The number of sulfonamides is 1. The number of oxime groups is 1. The van der Waals surface area contributed by atoms with Crippen LogP contribution in [0.2, 0.25) is 5.02 Å². The Morgan fingerprint density at radius 2 is 1.67 bits per heavy atom. The van der Waals surface area contributed by atoms with Crippen molar-refractivity contribution < 1.29 is 18.4 Å². The van der Waals surface area contributed by atoms with Gasteiger partial charge in [-0.25, -0.2) is 8.42 Å². The second-order valence-electron chi connectivity index (χ2n) is 6.32. The average Bonchev–Trinajstić information content (AvgIpc) is 2.71. The van der Waals surface area contributed by atoms with Crippen molar-refractivity contribution in [1.82, 2.24) is 0 Å². The molecule has 3 aromatic carbocycles. The standard InChI is InChI=1S/C21H18ClN3O4S/c1-14(26)23-17-8-10-18(11-9-17)30(28,29)25-20-12-7-16(22)13-19(20)21(24-27)15-5-3-2-4-6-15/h2-13,25,27H,1H3,(H,23,26)/b24-21-. The maximum absolute atomic E-state index is 12.9. The van der Waals surface area contributed by atoms with Crippen molar-refractivity contribution in [2.24, 2.45) is 5.16 Å². The van der Waals surface area contributed by atoms with Crippen LogP contribution in [0.25, 0.3) is 0 Å². The van der Waals surface area contributed by atoms with Crippen LogP contribution >= 0.6 is 11.6 Å². The molecule has 0 saturated carbocycles. The molecule has 0 saturated heterocycles. The van der Waals surface area contributed by atoms with E-state index < -0.39 is 10.0 Å². The van der Waals surface area contributed by atoms with Crippen LogP contribution in [0, 0.1) is 0 Å². The van der Waals surface area contributed by atoms with Crippen LogP contribution in [0.15, 0.2) is 82.8 Å². The van der Waals surface area contributed by atoms with Gasteiger partial charge in [-0.15, -0.1) is 0 Å². The van der Waals surface area contributed by atoms with Crippen LogP contribution in [-0.4, -0.2) is 25.2 Å². The molecule has 3 aromatic rings. The van der Waals surface area contributed by atoms with Gasteiger partial charge in [-0.05, 0) is 42.5 Å². The van der Waals surface area contributed by atoms with Gasteiger partial charge in [0.05, 0.1) is 10.6 Å². The van der Waals surface area contributed by atoms with E-state index in [1.807, 2.05) is 6.07 Å². The fraction of sp³-hybridized carbons (Fsp3) is 0.0476. The number of halogens is 1. The third-order valence-electron chi connectivity index (χ3n) is 4.11. The van der Waals surface area contributed by atoms with E-state index in [0.29, 0.717) is 21.8 Å². The molecule has 9 heteroatoms. The second kappa shape index (κ2) is 8.98. The predicted molar refractivity (Wildman–Crippen MR) is 117 cm³/mol. The number of carbonyl (C=O) groups is 1. The van der Waals surface area contributed by atoms with Crippen molar-refractivity contribution >= 4 is 44.6 Å². The molecule has 0 aromatic heterocycles. The number of anilines is 2. The van der Waals surface area contributed by atoms with E-state index in [-0.39, 0.29) is 22.2 Å². The number of benzene rings is 3. The molecule has 0 heterocycles. The van der Waals surface area contributed by atoms with Crippen molar-refractivity contribution in [2.45, 2.75) is 11.8 Å². The first-order valence-electron chi connectivity index (χ1n) is 8.78. The predicted octanol–water partition coefficient (Wildman–Crippen LogP) is 4.33. The van der Waals surface area contributed by atoms with Crippen molar-refractivity contribution in [1.29, 1.82) is 0 Å². The van der Waals surface area contributed by atoms with Crippen LogP contribution in [0.3, 0.4) is 0 Å². The molecule has 3 rings (SSSR count). The van der Waals surface area contributed by atoms with Gasteiger partial charge in [-0.3, -0.25) is 9.52 Å². The van der Waals surface area contributed by atoms with Gasteiger partial charge in [0.2, 0.25) is 5.91 Å². The fourth-order valence-electron chi connectivity index (χ4n) is 2.79. The van der Waals surface area contributed by atoms with Gasteiger partial charge in [-0.2, -0.15) is 0 Å². The smallest absolute Gasteiger partial charge is 0.261 e. The Morgan fingerprint density at radius 3 is 2.27 bits per heavy atom. The summed E-state index contributed by atoms with van der Waals surface area (Å²) in [6.07, 6.45) is 0. The average molecular weight is 444 g/mol. The molecule has 0 bridgehead atoms. The van der Waals surface area contributed by atoms with Gasteiger partial charge >= 0.3 is 0 Å². The van der Waals surface area contributed by atoms with Gasteiger partial charge in [0.1, 0.15) is 5.71 Å². The Morgan fingerprint density at radius 1 is 1.00 bits per heavy atom. The van der Waals surface area contributed by atoms with Crippen LogP contribution in [-0.2, 0) is 14.8 Å². The zero-order valence-electron chi connectivity index (χ0n) is 15.8. The molecule has 0 unspecified atom stereocenters. The largest absolute Gasteiger partial charge is 0.410 e. The number of carbonyl (C=O) groups excluding carboxylic acids is 1. The molecule has 0 atom stereocenters. The highest BCUT2D eigenvalue weighted by atomic mass is 35.5. The fourth-order valence-corrected chi connectivity index (χ4v) is 4.04. The van der Waals surface area contributed by atoms with E-state index in [9.17, 15) is 18.4 Å². The third-order valence-corrected chi connectivity index (χ3v) is 5.73. The number of amides is 1. The lowest BCUT2D eigenvalue weighted by molar-refractivity contribution is -0.114. The molecule has 0 radical (unpaired) electrons. The van der Waals surface area contributed by atoms with Crippen LogP contribution in [0.5, 0.6) is 0 Å². The second-order valence-corrected chi connectivity index (χ2v) is 8.43. The maximum Gasteiger partial charge on any atom is 0.261 e. The summed E-state index contributed by atoms with van der Waals surface area (Å²) in [5.41, 5.74) is 1.74. The lowest BCUT2D eigenvalue weighted by Gasteiger charge is -2.14. The molecular formula is C21H18ClN3O4S. The van der Waals surface area contributed by atoms with Gasteiger partial charge in [0.25, 0.3) is 10.0 Å². The Balaban J connectivity index is 1.98. The first-order valence-corrected chi connectivity index (χ1v) is 10.6. The minimum absolute atomic E-state index is 0.000277. The topological polar surface area (TPSA) is 108 Å². The van der Waals surface area contributed by atoms with Crippen LogP contribution in [0.1, 0.15) is 18.1 Å². The summed E-state index contributed by atoms with van der Waals surface area (Å²) < 4.78 is 28.3. The zero-order valence-corrected chi connectivity index (χ0v) is 17.4. The molecule has 0 aliphatic carbocycles. The number of nitrogens with one attached hydrogen (secondary N) is 2. The van der Waals surface area contributed by atoms with Gasteiger partial charge in [0.15, 0.2) is 0 Å².